The Morgan fingerprint density at radius 1 is 0.857 bits per heavy atom. The Balaban J connectivity index is 1.90. The van der Waals surface area contributed by atoms with Crippen molar-refractivity contribution in [2.24, 2.45) is 0 Å². The highest BCUT2D eigenvalue weighted by atomic mass is 31.2. The third-order valence-corrected chi connectivity index (χ3v) is 6.58. The van der Waals surface area contributed by atoms with Gasteiger partial charge in [0.1, 0.15) is 24.9 Å². The average molecular weight is 500 g/mol. The van der Waals surface area contributed by atoms with E-state index in [4.69, 9.17) is 13.8 Å². The lowest BCUT2D eigenvalue weighted by molar-refractivity contribution is -0.870. The van der Waals surface area contributed by atoms with Crippen LogP contribution in [-0.2, 0) is 24.0 Å². The molecule has 3 aromatic rings. The van der Waals surface area contributed by atoms with Crippen molar-refractivity contribution in [1.82, 2.24) is 0 Å². The Morgan fingerprint density at radius 3 is 1.66 bits per heavy atom. The van der Waals surface area contributed by atoms with Crippen LogP contribution in [-0.4, -0.2) is 63.2 Å². The van der Waals surface area contributed by atoms with Crippen molar-refractivity contribution in [3.8, 4) is 0 Å². The molecule has 1 unspecified atom stereocenters. The van der Waals surface area contributed by atoms with Crippen molar-refractivity contribution in [1.29, 1.82) is 0 Å². The van der Waals surface area contributed by atoms with Crippen LogP contribution in [0.15, 0.2) is 91.0 Å². The lowest BCUT2D eigenvalue weighted by atomic mass is 9.80. The third kappa shape index (κ3) is 7.56. The van der Waals surface area contributed by atoms with Crippen molar-refractivity contribution < 1.29 is 32.8 Å². The lowest BCUT2D eigenvalue weighted by Gasteiger charge is -2.37. The van der Waals surface area contributed by atoms with Crippen LogP contribution < -0.4 is 4.89 Å². The highest BCUT2D eigenvalue weighted by Gasteiger charge is 2.38. The maximum atomic E-state index is 12.4. The number of phosphoric ester groups is 1. The van der Waals surface area contributed by atoms with Crippen LogP contribution in [0, 0.1) is 0 Å². The molecular weight excluding hydrogens is 465 g/mol. The number of phosphoric acid groups is 1. The molecule has 8 heteroatoms. The molecule has 0 aliphatic rings. The number of quaternary nitrogens is 1. The van der Waals surface area contributed by atoms with Crippen molar-refractivity contribution in [2.45, 2.75) is 11.7 Å². The molecule has 2 atom stereocenters. The van der Waals surface area contributed by atoms with E-state index in [9.17, 15) is 14.6 Å². The van der Waals surface area contributed by atoms with Crippen LogP contribution in [0.4, 0.5) is 0 Å². The van der Waals surface area contributed by atoms with Gasteiger partial charge in [0.2, 0.25) is 0 Å². The monoisotopic (exact) mass is 499 g/mol. The predicted molar refractivity (Wildman–Crippen MR) is 134 cm³/mol. The normalized spacial score (nSPS) is 14.9. The molecule has 3 rings (SSSR count). The molecule has 0 saturated heterocycles. The van der Waals surface area contributed by atoms with Gasteiger partial charge in [-0.15, -0.1) is 0 Å². The van der Waals surface area contributed by atoms with Crippen molar-refractivity contribution in [2.75, 3.05) is 47.5 Å². The Bertz CT molecular complexity index is 976. The third-order valence-electron chi connectivity index (χ3n) is 5.52. The van der Waals surface area contributed by atoms with E-state index in [-0.39, 0.29) is 13.2 Å². The summed E-state index contributed by atoms with van der Waals surface area (Å²) in [6.07, 6.45) is -1.14. The van der Waals surface area contributed by atoms with E-state index in [0.717, 1.165) is 16.7 Å². The minimum atomic E-state index is -4.65. The van der Waals surface area contributed by atoms with Gasteiger partial charge in [-0.1, -0.05) is 91.0 Å². The minimum absolute atomic E-state index is 0.0226. The van der Waals surface area contributed by atoms with Gasteiger partial charge in [0.15, 0.2) is 0 Å². The number of aliphatic hydroxyl groups is 1. The first-order valence-electron chi connectivity index (χ1n) is 11.5. The first kappa shape index (κ1) is 27.2. The number of ether oxygens (including phenoxy) is 1. The number of hydrogen-bond acceptors (Lipinski definition) is 6. The van der Waals surface area contributed by atoms with Gasteiger partial charge in [-0.05, 0) is 16.7 Å². The molecule has 7 nitrogen and oxygen atoms in total. The molecule has 188 valence electrons. The van der Waals surface area contributed by atoms with E-state index in [1.54, 1.807) is 0 Å². The molecule has 0 fully saturated rings. The molecule has 0 amide bonds. The van der Waals surface area contributed by atoms with Gasteiger partial charge in [0, 0.05) is 0 Å². The second-order valence-electron chi connectivity index (χ2n) is 9.29. The van der Waals surface area contributed by atoms with Gasteiger partial charge in [0.25, 0.3) is 7.82 Å². The Hall–Kier alpha value is -2.35. The molecule has 0 heterocycles. The standard InChI is InChI=1S/C27H34NO6P/c1-28(2,3)19-20-33-35(30,31)34-26(21-29)22-32-27(23-13-7-4-8-14-23,24-15-9-5-10-16-24)25-17-11-6-12-18-25/h4-18,26,29H,19-22H2,1-3H3/t26-/m0/s1. The largest absolute Gasteiger partial charge is 0.756 e. The second-order valence-corrected chi connectivity index (χ2v) is 10.7. The topological polar surface area (TPSA) is 88.1 Å². The Labute approximate surface area is 207 Å². The zero-order chi connectivity index (χ0) is 25.4. The Morgan fingerprint density at radius 2 is 1.29 bits per heavy atom. The summed E-state index contributed by atoms with van der Waals surface area (Å²) in [5, 5.41) is 9.93. The molecule has 0 aliphatic heterocycles. The van der Waals surface area contributed by atoms with Gasteiger partial charge in [0.05, 0.1) is 34.4 Å². The van der Waals surface area contributed by atoms with Crippen LogP contribution in [0.1, 0.15) is 16.7 Å². The van der Waals surface area contributed by atoms with Crippen LogP contribution in [0.2, 0.25) is 0 Å². The smallest absolute Gasteiger partial charge is 0.268 e. The molecule has 0 aliphatic carbocycles. The first-order valence-corrected chi connectivity index (χ1v) is 13.0. The minimum Gasteiger partial charge on any atom is -0.756 e. The zero-order valence-corrected chi connectivity index (χ0v) is 21.3. The molecule has 0 spiro atoms. The van der Waals surface area contributed by atoms with Gasteiger partial charge in [-0.2, -0.15) is 0 Å². The molecule has 0 bridgehead atoms. The molecule has 35 heavy (non-hydrogen) atoms. The molecule has 1 N–H and O–H groups in total. The quantitative estimate of drug-likeness (QED) is 0.220. The summed E-state index contributed by atoms with van der Waals surface area (Å²) in [5.41, 5.74) is 1.52. The number of rotatable bonds is 13. The SMILES string of the molecule is C[N+](C)(C)CCOP(=O)([O-])O[C@@H](CO)COC(c1ccccc1)(c1ccccc1)c1ccccc1. The van der Waals surface area contributed by atoms with E-state index in [2.05, 4.69) is 0 Å². The molecule has 0 radical (unpaired) electrons. The molecule has 3 aromatic carbocycles. The van der Waals surface area contributed by atoms with E-state index in [1.807, 2.05) is 112 Å². The number of hydrogen-bond donors (Lipinski definition) is 1. The summed E-state index contributed by atoms with van der Waals surface area (Å²) < 4.78 is 29.7. The maximum Gasteiger partial charge on any atom is 0.268 e. The van der Waals surface area contributed by atoms with Crippen molar-refractivity contribution in [3.63, 3.8) is 0 Å². The zero-order valence-electron chi connectivity index (χ0n) is 20.4. The van der Waals surface area contributed by atoms with E-state index >= 15 is 0 Å². The van der Waals surface area contributed by atoms with Gasteiger partial charge in [-0.3, -0.25) is 4.57 Å². The summed E-state index contributed by atoms with van der Waals surface area (Å²) >= 11 is 0. The second kappa shape index (κ2) is 12.1. The Kier molecular flexibility index (Phi) is 9.39. The number of nitrogens with zero attached hydrogens (tertiary/aromatic N) is 1. The molecule has 0 saturated carbocycles. The van der Waals surface area contributed by atoms with Crippen molar-refractivity contribution in [3.05, 3.63) is 108 Å². The van der Waals surface area contributed by atoms with Gasteiger partial charge >= 0.3 is 0 Å². The molecule has 0 aromatic heterocycles. The number of likely N-dealkylation sites (N-methyl/N-ethyl adjacent to an activating group) is 1. The molecular formula is C27H34NO6P. The highest BCUT2D eigenvalue weighted by molar-refractivity contribution is 7.45. The predicted octanol–water partition coefficient (Wildman–Crippen LogP) is 3.56. The summed E-state index contributed by atoms with van der Waals surface area (Å²) in [4.78, 5) is 12.4. The lowest BCUT2D eigenvalue weighted by Crippen LogP contribution is -2.38. The summed E-state index contributed by atoms with van der Waals surface area (Å²) in [7, 11) is 1.14. The number of benzene rings is 3. The summed E-state index contributed by atoms with van der Waals surface area (Å²) in [5.74, 6) is 0. The fourth-order valence-corrected chi connectivity index (χ4v) is 4.60. The van der Waals surface area contributed by atoms with Crippen LogP contribution in [0.5, 0.6) is 0 Å². The summed E-state index contributed by atoms with van der Waals surface area (Å²) in [6, 6.07) is 29.1. The highest BCUT2D eigenvalue weighted by Crippen LogP contribution is 2.43. The first-order chi connectivity index (χ1) is 16.7. The average Bonchev–Trinajstić information content (AvgIpc) is 2.84. The van der Waals surface area contributed by atoms with Crippen LogP contribution >= 0.6 is 7.82 Å². The maximum absolute atomic E-state index is 12.4. The van der Waals surface area contributed by atoms with E-state index < -0.39 is 26.1 Å². The van der Waals surface area contributed by atoms with Gasteiger partial charge in [-0.25, -0.2) is 0 Å². The fourth-order valence-electron chi connectivity index (χ4n) is 3.74. The number of aliphatic hydroxyl groups excluding tert-OH is 1. The van der Waals surface area contributed by atoms with Crippen molar-refractivity contribution >= 4 is 7.82 Å². The van der Waals surface area contributed by atoms with E-state index in [1.165, 1.54) is 0 Å². The van der Waals surface area contributed by atoms with Gasteiger partial charge < -0.3 is 28.3 Å². The fraction of sp³-hybridized carbons (Fsp3) is 0.333. The van der Waals surface area contributed by atoms with Crippen LogP contribution in [0.3, 0.4) is 0 Å². The van der Waals surface area contributed by atoms with E-state index in [0.29, 0.717) is 11.0 Å². The van der Waals surface area contributed by atoms with Crippen LogP contribution in [0.25, 0.3) is 0 Å². The summed E-state index contributed by atoms with van der Waals surface area (Å²) in [6.45, 7) is -0.292.